The van der Waals surface area contributed by atoms with Crippen molar-refractivity contribution in [3.63, 3.8) is 0 Å². The van der Waals surface area contributed by atoms with E-state index in [1.165, 1.54) is 5.56 Å². The molecule has 0 bridgehead atoms. The number of unbranched alkanes of at least 4 members (excludes halogenated alkanes) is 1. The molecule has 104 valence electrons. The van der Waals surface area contributed by atoms with E-state index in [-0.39, 0.29) is 6.04 Å². The van der Waals surface area contributed by atoms with Gasteiger partial charge in [0.15, 0.2) is 0 Å². The van der Waals surface area contributed by atoms with Gasteiger partial charge in [0.05, 0.1) is 0 Å². The van der Waals surface area contributed by atoms with Gasteiger partial charge in [-0.05, 0) is 30.9 Å². The monoisotopic (exact) mass is 261 g/mol. The summed E-state index contributed by atoms with van der Waals surface area (Å²) in [5.41, 5.74) is 1.34. The SMILES string of the molecule is CCCCC(C(=O)O)N1CCC(c2ccccc2)C1. The summed E-state index contributed by atoms with van der Waals surface area (Å²) in [6.07, 6.45) is 3.89. The Morgan fingerprint density at radius 1 is 1.42 bits per heavy atom. The van der Waals surface area contributed by atoms with E-state index in [1.807, 2.05) is 6.07 Å². The van der Waals surface area contributed by atoms with E-state index in [2.05, 4.69) is 36.1 Å². The predicted octanol–water partition coefficient (Wildman–Crippen LogP) is 3.12. The van der Waals surface area contributed by atoms with Gasteiger partial charge in [0.1, 0.15) is 6.04 Å². The third-order valence-corrected chi connectivity index (χ3v) is 4.05. The van der Waals surface area contributed by atoms with Gasteiger partial charge in [-0.15, -0.1) is 0 Å². The molecule has 1 heterocycles. The van der Waals surface area contributed by atoms with Gasteiger partial charge in [-0.1, -0.05) is 50.1 Å². The summed E-state index contributed by atoms with van der Waals surface area (Å²) >= 11 is 0. The summed E-state index contributed by atoms with van der Waals surface area (Å²) in [6, 6.07) is 10.1. The molecule has 0 saturated carbocycles. The summed E-state index contributed by atoms with van der Waals surface area (Å²) in [4.78, 5) is 13.5. The maximum Gasteiger partial charge on any atom is 0.320 e. The number of carboxylic acid groups (broad SMARTS) is 1. The molecule has 1 aromatic rings. The Hall–Kier alpha value is -1.35. The molecule has 2 unspecified atom stereocenters. The molecule has 0 aromatic heterocycles. The Morgan fingerprint density at radius 3 is 2.79 bits per heavy atom. The highest BCUT2D eigenvalue weighted by molar-refractivity contribution is 5.73. The average Bonchev–Trinajstić information content (AvgIpc) is 2.89. The standard InChI is InChI=1S/C16H23NO2/c1-2-3-9-15(16(18)19)17-11-10-14(12-17)13-7-5-4-6-8-13/h4-8,14-15H,2-3,9-12H2,1H3,(H,18,19). The summed E-state index contributed by atoms with van der Waals surface area (Å²) in [5.74, 6) is -0.174. The molecule has 1 fully saturated rings. The van der Waals surface area contributed by atoms with Gasteiger partial charge < -0.3 is 5.11 Å². The lowest BCUT2D eigenvalue weighted by Gasteiger charge is -2.24. The van der Waals surface area contributed by atoms with Crippen molar-refractivity contribution in [1.29, 1.82) is 0 Å². The van der Waals surface area contributed by atoms with Crippen LogP contribution in [0.2, 0.25) is 0 Å². The van der Waals surface area contributed by atoms with Crippen molar-refractivity contribution in [3.05, 3.63) is 35.9 Å². The van der Waals surface area contributed by atoms with Crippen LogP contribution in [-0.4, -0.2) is 35.1 Å². The van der Waals surface area contributed by atoms with Crippen LogP contribution in [0.3, 0.4) is 0 Å². The highest BCUT2D eigenvalue weighted by Gasteiger charge is 2.32. The molecular formula is C16H23NO2. The zero-order chi connectivity index (χ0) is 13.7. The number of carbonyl (C=O) groups is 1. The van der Waals surface area contributed by atoms with Crippen molar-refractivity contribution in [1.82, 2.24) is 4.90 Å². The van der Waals surface area contributed by atoms with Crippen molar-refractivity contribution < 1.29 is 9.90 Å². The number of rotatable bonds is 6. The number of benzene rings is 1. The first-order valence-electron chi connectivity index (χ1n) is 7.24. The second kappa shape index (κ2) is 6.71. The van der Waals surface area contributed by atoms with Gasteiger partial charge in [0.25, 0.3) is 0 Å². The maximum atomic E-state index is 11.4. The summed E-state index contributed by atoms with van der Waals surface area (Å²) in [6.45, 7) is 3.89. The van der Waals surface area contributed by atoms with Gasteiger partial charge in [0, 0.05) is 6.54 Å². The summed E-state index contributed by atoms with van der Waals surface area (Å²) in [5, 5.41) is 9.38. The van der Waals surface area contributed by atoms with E-state index in [9.17, 15) is 9.90 Å². The number of nitrogens with zero attached hydrogens (tertiary/aromatic N) is 1. The zero-order valence-electron chi connectivity index (χ0n) is 11.6. The third kappa shape index (κ3) is 3.57. The second-order valence-electron chi connectivity index (χ2n) is 5.39. The van der Waals surface area contributed by atoms with Gasteiger partial charge in [-0.3, -0.25) is 9.69 Å². The maximum absolute atomic E-state index is 11.4. The molecule has 2 atom stereocenters. The van der Waals surface area contributed by atoms with E-state index < -0.39 is 5.97 Å². The van der Waals surface area contributed by atoms with E-state index in [0.717, 1.165) is 38.8 Å². The number of aliphatic carboxylic acids is 1. The van der Waals surface area contributed by atoms with Gasteiger partial charge in [0.2, 0.25) is 0 Å². The molecule has 0 radical (unpaired) electrons. The molecule has 0 aliphatic carbocycles. The van der Waals surface area contributed by atoms with Crippen LogP contribution in [0.4, 0.5) is 0 Å². The highest BCUT2D eigenvalue weighted by Crippen LogP contribution is 2.29. The number of likely N-dealkylation sites (tertiary alicyclic amines) is 1. The van der Waals surface area contributed by atoms with Crippen LogP contribution in [0, 0.1) is 0 Å². The molecule has 1 N–H and O–H groups in total. The minimum Gasteiger partial charge on any atom is -0.480 e. The molecule has 1 aliphatic rings. The molecule has 0 spiro atoms. The van der Waals surface area contributed by atoms with Crippen molar-refractivity contribution in [2.24, 2.45) is 0 Å². The zero-order valence-corrected chi connectivity index (χ0v) is 11.6. The van der Waals surface area contributed by atoms with E-state index in [4.69, 9.17) is 0 Å². The molecule has 19 heavy (non-hydrogen) atoms. The fourth-order valence-electron chi connectivity index (χ4n) is 2.93. The van der Waals surface area contributed by atoms with Crippen LogP contribution in [0.1, 0.15) is 44.1 Å². The van der Waals surface area contributed by atoms with Crippen molar-refractivity contribution in [2.75, 3.05) is 13.1 Å². The predicted molar refractivity (Wildman–Crippen MR) is 76.3 cm³/mol. The Kier molecular flexibility index (Phi) is 4.97. The van der Waals surface area contributed by atoms with Crippen molar-refractivity contribution >= 4 is 5.97 Å². The van der Waals surface area contributed by atoms with Crippen LogP contribution in [0.5, 0.6) is 0 Å². The molecule has 3 heteroatoms. The lowest BCUT2D eigenvalue weighted by atomic mass is 9.99. The Bertz CT molecular complexity index is 404. The number of carboxylic acids is 1. The smallest absolute Gasteiger partial charge is 0.320 e. The Labute approximate surface area is 115 Å². The minimum absolute atomic E-state index is 0.298. The van der Waals surface area contributed by atoms with Crippen LogP contribution < -0.4 is 0 Å². The first-order valence-corrected chi connectivity index (χ1v) is 7.24. The van der Waals surface area contributed by atoms with Crippen molar-refractivity contribution in [3.8, 4) is 0 Å². The van der Waals surface area contributed by atoms with Crippen LogP contribution in [-0.2, 0) is 4.79 Å². The molecule has 2 rings (SSSR count). The van der Waals surface area contributed by atoms with Crippen molar-refractivity contribution in [2.45, 2.75) is 44.6 Å². The first kappa shape index (κ1) is 14.1. The number of hydrogen-bond donors (Lipinski definition) is 1. The average molecular weight is 261 g/mol. The van der Waals surface area contributed by atoms with Crippen LogP contribution in [0.25, 0.3) is 0 Å². The minimum atomic E-state index is -0.665. The molecule has 1 saturated heterocycles. The van der Waals surface area contributed by atoms with Crippen LogP contribution in [0.15, 0.2) is 30.3 Å². The first-order chi connectivity index (χ1) is 9.22. The fraction of sp³-hybridized carbons (Fsp3) is 0.562. The lowest BCUT2D eigenvalue weighted by molar-refractivity contribution is -0.143. The topological polar surface area (TPSA) is 40.5 Å². The Balaban J connectivity index is 1.98. The van der Waals surface area contributed by atoms with Gasteiger partial charge in [-0.2, -0.15) is 0 Å². The quantitative estimate of drug-likeness (QED) is 0.855. The lowest BCUT2D eigenvalue weighted by Crippen LogP contribution is -2.39. The van der Waals surface area contributed by atoms with E-state index >= 15 is 0 Å². The largest absolute Gasteiger partial charge is 0.480 e. The molecule has 3 nitrogen and oxygen atoms in total. The van der Waals surface area contributed by atoms with E-state index in [0.29, 0.717) is 5.92 Å². The van der Waals surface area contributed by atoms with E-state index in [1.54, 1.807) is 0 Å². The second-order valence-corrected chi connectivity index (χ2v) is 5.39. The normalized spacial score (nSPS) is 21.4. The van der Waals surface area contributed by atoms with Gasteiger partial charge >= 0.3 is 5.97 Å². The third-order valence-electron chi connectivity index (χ3n) is 4.05. The highest BCUT2D eigenvalue weighted by atomic mass is 16.4. The molecule has 1 aromatic carbocycles. The summed E-state index contributed by atoms with van der Waals surface area (Å²) < 4.78 is 0. The molecule has 1 aliphatic heterocycles. The summed E-state index contributed by atoms with van der Waals surface area (Å²) in [7, 11) is 0. The van der Waals surface area contributed by atoms with Crippen LogP contribution >= 0.6 is 0 Å². The number of hydrogen-bond acceptors (Lipinski definition) is 2. The molecular weight excluding hydrogens is 238 g/mol. The van der Waals surface area contributed by atoms with Gasteiger partial charge in [-0.25, -0.2) is 0 Å². The Morgan fingerprint density at radius 2 is 2.16 bits per heavy atom. The fourth-order valence-corrected chi connectivity index (χ4v) is 2.93. The molecule has 0 amide bonds.